The molecule has 0 amide bonds. The van der Waals surface area contributed by atoms with E-state index in [2.05, 4.69) is 5.10 Å². The van der Waals surface area contributed by atoms with Crippen molar-refractivity contribution in [2.45, 2.75) is 38.5 Å². The lowest BCUT2D eigenvalue weighted by molar-refractivity contribution is 0.281. The van der Waals surface area contributed by atoms with Gasteiger partial charge in [0, 0.05) is 13.1 Å². The lowest BCUT2D eigenvalue weighted by Gasteiger charge is -2.30. The molecular formula is C12H21N3O4S2. The van der Waals surface area contributed by atoms with Crippen LogP contribution in [0.2, 0.25) is 0 Å². The van der Waals surface area contributed by atoms with Gasteiger partial charge >= 0.3 is 0 Å². The van der Waals surface area contributed by atoms with Crippen LogP contribution in [-0.2, 0) is 20.0 Å². The van der Waals surface area contributed by atoms with E-state index >= 15 is 0 Å². The summed E-state index contributed by atoms with van der Waals surface area (Å²) in [6.45, 7) is 5.94. The van der Waals surface area contributed by atoms with Gasteiger partial charge in [0.15, 0.2) is 0 Å². The van der Waals surface area contributed by atoms with Crippen LogP contribution < -0.4 is 0 Å². The molecule has 0 aromatic carbocycles. The zero-order valence-corrected chi connectivity index (χ0v) is 14.3. The Hall–Kier alpha value is -0.930. The Bertz CT molecular complexity index is 750. The number of sulfonamides is 1. The predicted octanol–water partition coefficient (Wildman–Crippen LogP) is 0.728. The number of hydrogen-bond donors (Lipinski definition) is 0. The molecule has 0 radical (unpaired) electrons. The maximum absolute atomic E-state index is 12.8. The van der Waals surface area contributed by atoms with Crippen molar-refractivity contribution in [3.63, 3.8) is 0 Å². The molecule has 0 aliphatic carbocycles. The average Bonchev–Trinajstić information content (AvgIpc) is 2.65. The zero-order valence-electron chi connectivity index (χ0n) is 12.7. The highest BCUT2D eigenvalue weighted by atomic mass is 32.2. The fourth-order valence-corrected chi connectivity index (χ4v) is 5.66. The normalized spacial score (nSPS) is 21.6. The summed E-state index contributed by atoms with van der Waals surface area (Å²) in [4.78, 5) is 0.0158. The van der Waals surface area contributed by atoms with Gasteiger partial charge in [-0.1, -0.05) is 6.92 Å². The van der Waals surface area contributed by atoms with Gasteiger partial charge in [-0.2, -0.15) is 13.5 Å². The molecule has 0 N–H and O–H groups in total. The van der Waals surface area contributed by atoms with Crippen LogP contribution >= 0.6 is 0 Å². The first-order valence-electron chi connectivity index (χ1n) is 6.82. The van der Waals surface area contributed by atoms with E-state index < -0.39 is 20.0 Å². The van der Waals surface area contributed by atoms with Gasteiger partial charge in [0.05, 0.1) is 17.6 Å². The van der Waals surface area contributed by atoms with Crippen LogP contribution in [0.15, 0.2) is 4.90 Å². The molecule has 1 aromatic heterocycles. The summed E-state index contributed by atoms with van der Waals surface area (Å²) in [6, 6.07) is 0. The molecule has 1 atom stereocenters. The molecule has 1 aliphatic heterocycles. The number of aromatic nitrogens is 2. The van der Waals surface area contributed by atoms with Crippen molar-refractivity contribution in [3.05, 3.63) is 11.4 Å². The molecule has 2 heterocycles. The van der Waals surface area contributed by atoms with E-state index in [1.54, 1.807) is 0 Å². The van der Waals surface area contributed by atoms with Gasteiger partial charge in [0.25, 0.3) is 10.0 Å². The highest BCUT2D eigenvalue weighted by Gasteiger charge is 2.34. The fourth-order valence-electron chi connectivity index (χ4n) is 2.80. The van der Waals surface area contributed by atoms with Gasteiger partial charge in [-0.3, -0.25) is 0 Å². The van der Waals surface area contributed by atoms with Gasteiger partial charge < -0.3 is 0 Å². The first-order valence-corrected chi connectivity index (χ1v) is 10.1. The molecule has 1 aromatic rings. The topological polar surface area (TPSA) is 89.3 Å². The third-order valence-electron chi connectivity index (χ3n) is 3.72. The van der Waals surface area contributed by atoms with Crippen LogP contribution in [-0.4, -0.2) is 49.7 Å². The highest BCUT2D eigenvalue weighted by molar-refractivity contribution is 7.90. The Balaban J connectivity index is 2.53. The first kappa shape index (κ1) is 16.4. The molecule has 7 nitrogen and oxygen atoms in total. The molecule has 0 bridgehead atoms. The van der Waals surface area contributed by atoms with Gasteiger partial charge in [-0.05, 0) is 32.6 Å². The Morgan fingerprint density at radius 2 is 1.81 bits per heavy atom. The van der Waals surface area contributed by atoms with E-state index in [0.717, 1.165) is 23.2 Å². The standard InChI is InChI=1S/C12H21N3O4S2/c1-9-6-5-7-14(8-9)21(18,19)12-10(2)13-15(11(12)3)20(4,16)17/h9H,5-8H2,1-4H3. The third-order valence-corrected chi connectivity index (χ3v) is 6.82. The third kappa shape index (κ3) is 3.00. The van der Waals surface area contributed by atoms with Crippen LogP contribution in [0, 0.1) is 19.8 Å². The smallest absolute Gasteiger partial charge is 0.207 e. The van der Waals surface area contributed by atoms with Crippen molar-refractivity contribution in [1.82, 2.24) is 13.5 Å². The fraction of sp³-hybridized carbons (Fsp3) is 0.750. The van der Waals surface area contributed by atoms with Gasteiger partial charge in [0.2, 0.25) is 10.0 Å². The van der Waals surface area contributed by atoms with Crippen molar-refractivity contribution in [1.29, 1.82) is 0 Å². The average molecular weight is 335 g/mol. The Morgan fingerprint density at radius 3 is 2.29 bits per heavy atom. The van der Waals surface area contributed by atoms with E-state index in [4.69, 9.17) is 0 Å². The second-order valence-electron chi connectivity index (χ2n) is 5.72. The summed E-state index contributed by atoms with van der Waals surface area (Å²) in [7, 11) is -7.32. The molecular weight excluding hydrogens is 314 g/mol. The first-order chi connectivity index (χ1) is 9.55. The van der Waals surface area contributed by atoms with Crippen LogP contribution in [0.3, 0.4) is 0 Å². The molecule has 2 rings (SSSR count). The number of hydrogen-bond acceptors (Lipinski definition) is 5. The van der Waals surface area contributed by atoms with Crippen LogP contribution in [0.25, 0.3) is 0 Å². The second-order valence-corrected chi connectivity index (χ2v) is 9.40. The summed E-state index contributed by atoms with van der Waals surface area (Å²) in [6.07, 6.45) is 2.83. The Kier molecular flexibility index (Phi) is 4.20. The lowest BCUT2D eigenvalue weighted by atomic mass is 10.0. The minimum Gasteiger partial charge on any atom is -0.207 e. The molecule has 9 heteroatoms. The van der Waals surface area contributed by atoms with Crippen molar-refractivity contribution >= 4 is 20.0 Å². The quantitative estimate of drug-likeness (QED) is 0.812. The molecule has 0 saturated carbocycles. The predicted molar refractivity (Wildman–Crippen MR) is 79.1 cm³/mol. The Labute approximate surface area is 126 Å². The minimum absolute atomic E-state index is 0.0158. The summed E-state index contributed by atoms with van der Waals surface area (Å²) >= 11 is 0. The van der Waals surface area contributed by atoms with Crippen LogP contribution in [0.4, 0.5) is 0 Å². The maximum atomic E-state index is 12.8. The van der Waals surface area contributed by atoms with Gasteiger partial charge in [-0.25, -0.2) is 16.8 Å². The molecule has 1 saturated heterocycles. The molecule has 1 aliphatic rings. The van der Waals surface area contributed by atoms with Crippen LogP contribution in [0.1, 0.15) is 31.2 Å². The number of piperidine rings is 1. The number of rotatable bonds is 3. The largest absolute Gasteiger partial charge is 0.251 e. The van der Waals surface area contributed by atoms with E-state index in [1.165, 1.54) is 18.2 Å². The summed E-state index contributed by atoms with van der Waals surface area (Å²) in [5.41, 5.74) is 0.365. The summed E-state index contributed by atoms with van der Waals surface area (Å²) in [5, 5.41) is 3.88. The molecule has 21 heavy (non-hydrogen) atoms. The van der Waals surface area contributed by atoms with E-state index in [1.807, 2.05) is 6.92 Å². The number of aryl methyl sites for hydroxylation is 1. The monoisotopic (exact) mass is 335 g/mol. The zero-order chi connectivity index (χ0) is 16.0. The van der Waals surface area contributed by atoms with E-state index in [9.17, 15) is 16.8 Å². The molecule has 1 fully saturated rings. The lowest BCUT2D eigenvalue weighted by Crippen LogP contribution is -2.39. The van der Waals surface area contributed by atoms with Crippen molar-refractivity contribution in [2.75, 3.05) is 19.3 Å². The van der Waals surface area contributed by atoms with E-state index in [0.29, 0.717) is 19.0 Å². The molecule has 0 spiro atoms. The van der Waals surface area contributed by atoms with Crippen molar-refractivity contribution in [3.8, 4) is 0 Å². The highest BCUT2D eigenvalue weighted by Crippen LogP contribution is 2.28. The van der Waals surface area contributed by atoms with E-state index in [-0.39, 0.29) is 16.3 Å². The van der Waals surface area contributed by atoms with Crippen LogP contribution in [0.5, 0.6) is 0 Å². The SMILES string of the molecule is Cc1nn(S(C)(=O)=O)c(C)c1S(=O)(=O)N1CCCC(C)C1. The van der Waals surface area contributed by atoms with Gasteiger partial charge in [-0.15, -0.1) is 0 Å². The minimum atomic E-state index is -3.71. The molecule has 1 unspecified atom stereocenters. The summed E-state index contributed by atoms with van der Waals surface area (Å²) in [5.74, 6) is 0.305. The Morgan fingerprint density at radius 1 is 1.19 bits per heavy atom. The number of nitrogens with zero attached hydrogens (tertiary/aromatic N) is 3. The maximum Gasteiger partial charge on any atom is 0.251 e. The second kappa shape index (κ2) is 5.36. The van der Waals surface area contributed by atoms with Crippen molar-refractivity contribution in [2.24, 2.45) is 5.92 Å². The molecule has 120 valence electrons. The summed E-state index contributed by atoms with van der Waals surface area (Å²) < 4.78 is 51.1. The van der Waals surface area contributed by atoms with Gasteiger partial charge in [0.1, 0.15) is 4.90 Å². The van der Waals surface area contributed by atoms with Crippen molar-refractivity contribution < 1.29 is 16.8 Å².